The van der Waals surface area contributed by atoms with Crippen LogP contribution in [0, 0.1) is 0 Å². The maximum atomic E-state index is 5.78. The Balaban J connectivity index is 2.03. The second-order valence-electron chi connectivity index (χ2n) is 6.19. The molecular formula is C14H28N2O. The third kappa shape index (κ3) is 2.67. The van der Waals surface area contributed by atoms with E-state index in [0.717, 1.165) is 19.8 Å². The average Bonchev–Trinajstić information content (AvgIpc) is 2.29. The molecule has 0 aromatic rings. The van der Waals surface area contributed by atoms with Crippen molar-refractivity contribution in [1.29, 1.82) is 0 Å². The second-order valence-corrected chi connectivity index (χ2v) is 6.19. The van der Waals surface area contributed by atoms with Gasteiger partial charge in [-0.3, -0.25) is 4.90 Å². The molecule has 0 unspecified atom stereocenters. The number of rotatable bonds is 2. The van der Waals surface area contributed by atoms with Crippen molar-refractivity contribution in [3.8, 4) is 0 Å². The molecule has 2 rings (SSSR count). The number of hydrogen-bond donors (Lipinski definition) is 0. The van der Waals surface area contributed by atoms with Crippen LogP contribution in [-0.2, 0) is 4.74 Å². The third-order valence-electron chi connectivity index (χ3n) is 4.54. The van der Waals surface area contributed by atoms with E-state index in [9.17, 15) is 0 Å². The summed E-state index contributed by atoms with van der Waals surface area (Å²) >= 11 is 0. The van der Waals surface area contributed by atoms with E-state index in [2.05, 4.69) is 37.5 Å². The standard InChI is InChI=1S/C14H28N2O/c1-12(2)15-7-5-14(6-8-15)11-17-10-9-16(14)13(3)4/h12-13H,5-11H2,1-4H3. The third-order valence-corrected chi connectivity index (χ3v) is 4.54. The normalized spacial score (nSPS) is 27.2. The second kappa shape index (κ2) is 5.25. The Morgan fingerprint density at radius 2 is 1.59 bits per heavy atom. The smallest absolute Gasteiger partial charge is 0.0652 e. The molecule has 2 heterocycles. The fourth-order valence-electron chi connectivity index (χ4n) is 3.44. The van der Waals surface area contributed by atoms with Crippen molar-refractivity contribution in [2.45, 2.75) is 58.2 Å². The van der Waals surface area contributed by atoms with Gasteiger partial charge < -0.3 is 9.64 Å². The van der Waals surface area contributed by atoms with Crippen molar-refractivity contribution < 1.29 is 4.74 Å². The monoisotopic (exact) mass is 240 g/mol. The highest BCUT2D eigenvalue weighted by Crippen LogP contribution is 2.33. The van der Waals surface area contributed by atoms with Crippen molar-refractivity contribution >= 4 is 0 Å². The highest BCUT2D eigenvalue weighted by Gasteiger charge is 2.43. The maximum absolute atomic E-state index is 5.78. The number of morpholine rings is 1. The highest BCUT2D eigenvalue weighted by atomic mass is 16.5. The predicted molar refractivity (Wildman–Crippen MR) is 71.3 cm³/mol. The Kier molecular flexibility index (Phi) is 4.11. The van der Waals surface area contributed by atoms with Crippen LogP contribution in [0.3, 0.4) is 0 Å². The molecule has 2 aliphatic rings. The molecule has 0 N–H and O–H groups in total. The van der Waals surface area contributed by atoms with E-state index in [0.29, 0.717) is 17.6 Å². The summed E-state index contributed by atoms with van der Waals surface area (Å²) in [5.74, 6) is 0. The summed E-state index contributed by atoms with van der Waals surface area (Å²) in [5.41, 5.74) is 0.331. The van der Waals surface area contributed by atoms with Gasteiger partial charge in [0.2, 0.25) is 0 Å². The zero-order valence-electron chi connectivity index (χ0n) is 11.9. The van der Waals surface area contributed by atoms with Gasteiger partial charge in [0, 0.05) is 37.3 Å². The summed E-state index contributed by atoms with van der Waals surface area (Å²) in [6.07, 6.45) is 2.53. The van der Waals surface area contributed by atoms with Crippen LogP contribution in [0.15, 0.2) is 0 Å². The van der Waals surface area contributed by atoms with Gasteiger partial charge in [-0.15, -0.1) is 0 Å². The van der Waals surface area contributed by atoms with Gasteiger partial charge in [0.05, 0.1) is 13.2 Å². The van der Waals surface area contributed by atoms with E-state index in [4.69, 9.17) is 4.74 Å². The molecule has 0 bridgehead atoms. The SMILES string of the molecule is CC(C)N1CCC2(CC1)COCCN2C(C)C. The molecule has 17 heavy (non-hydrogen) atoms. The summed E-state index contributed by atoms with van der Waals surface area (Å²) in [7, 11) is 0. The minimum absolute atomic E-state index is 0.331. The molecule has 0 aromatic heterocycles. The van der Waals surface area contributed by atoms with Crippen molar-refractivity contribution in [2.24, 2.45) is 0 Å². The van der Waals surface area contributed by atoms with E-state index >= 15 is 0 Å². The van der Waals surface area contributed by atoms with Crippen molar-refractivity contribution in [1.82, 2.24) is 9.80 Å². The molecule has 100 valence electrons. The fourth-order valence-corrected chi connectivity index (χ4v) is 3.44. The van der Waals surface area contributed by atoms with Crippen LogP contribution in [0.4, 0.5) is 0 Å². The van der Waals surface area contributed by atoms with Gasteiger partial charge in [-0.2, -0.15) is 0 Å². The van der Waals surface area contributed by atoms with Crippen LogP contribution in [-0.4, -0.2) is 60.3 Å². The lowest BCUT2D eigenvalue weighted by Gasteiger charge is -2.53. The van der Waals surface area contributed by atoms with Crippen LogP contribution in [0.5, 0.6) is 0 Å². The first-order valence-corrected chi connectivity index (χ1v) is 7.14. The first kappa shape index (κ1) is 13.3. The average molecular weight is 240 g/mol. The number of ether oxygens (including phenoxy) is 1. The van der Waals surface area contributed by atoms with Crippen molar-refractivity contribution in [2.75, 3.05) is 32.8 Å². The predicted octanol–water partition coefficient (Wildman–Crippen LogP) is 1.97. The Hall–Kier alpha value is -0.120. The molecule has 2 aliphatic heterocycles. The molecule has 3 heteroatoms. The molecule has 0 radical (unpaired) electrons. The minimum atomic E-state index is 0.331. The quantitative estimate of drug-likeness (QED) is 0.734. The molecule has 0 saturated carbocycles. The van der Waals surface area contributed by atoms with Crippen LogP contribution >= 0.6 is 0 Å². The Morgan fingerprint density at radius 3 is 2.12 bits per heavy atom. The molecule has 3 nitrogen and oxygen atoms in total. The van der Waals surface area contributed by atoms with Gasteiger partial charge in [0.15, 0.2) is 0 Å². The first-order chi connectivity index (χ1) is 8.05. The first-order valence-electron chi connectivity index (χ1n) is 7.14. The summed E-state index contributed by atoms with van der Waals surface area (Å²) in [6, 6.07) is 1.33. The number of piperidine rings is 1. The van der Waals surface area contributed by atoms with E-state index in [-0.39, 0.29) is 0 Å². The van der Waals surface area contributed by atoms with Gasteiger partial charge in [-0.1, -0.05) is 0 Å². The zero-order valence-corrected chi connectivity index (χ0v) is 11.9. The summed E-state index contributed by atoms with van der Waals surface area (Å²) in [4.78, 5) is 5.28. The molecule has 0 amide bonds. The maximum Gasteiger partial charge on any atom is 0.0652 e. The molecular weight excluding hydrogens is 212 g/mol. The molecule has 0 aromatic carbocycles. The van der Waals surface area contributed by atoms with Crippen LogP contribution in [0.25, 0.3) is 0 Å². The largest absolute Gasteiger partial charge is 0.378 e. The van der Waals surface area contributed by atoms with E-state index in [1.54, 1.807) is 0 Å². The van der Waals surface area contributed by atoms with Gasteiger partial charge in [0.1, 0.15) is 0 Å². The van der Waals surface area contributed by atoms with Gasteiger partial charge in [-0.05, 0) is 40.5 Å². The van der Waals surface area contributed by atoms with Gasteiger partial charge >= 0.3 is 0 Å². The van der Waals surface area contributed by atoms with E-state index < -0.39 is 0 Å². The molecule has 1 spiro atoms. The van der Waals surface area contributed by atoms with Crippen molar-refractivity contribution in [3.05, 3.63) is 0 Å². The topological polar surface area (TPSA) is 15.7 Å². The summed E-state index contributed by atoms with van der Waals surface area (Å²) < 4.78 is 5.78. The van der Waals surface area contributed by atoms with E-state index in [1.165, 1.54) is 25.9 Å². The Morgan fingerprint density at radius 1 is 0.941 bits per heavy atom. The Bertz CT molecular complexity index is 245. The Labute approximate surface area is 106 Å². The number of hydrogen-bond acceptors (Lipinski definition) is 3. The van der Waals surface area contributed by atoms with Gasteiger partial charge in [0.25, 0.3) is 0 Å². The summed E-state index contributed by atoms with van der Waals surface area (Å²) in [5, 5.41) is 0. The zero-order chi connectivity index (χ0) is 12.5. The number of likely N-dealkylation sites (tertiary alicyclic amines) is 1. The molecule has 2 saturated heterocycles. The highest BCUT2D eigenvalue weighted by molar-refractivity contribution is 4.98. The lowest BCUT2D eigenvalue weighted by Crippen LogP contribution is -2.63. The van der Waals surface area contributed by atoms with E-state index in [1.807, 2.05) is 0 Å². The lowest BCUT2D eigenvalue weighted by molar-refractivity contribution is -0.110. The van der Waals surface area contributed by atoms with Crippen LogP contribution < -0.4 is 0 Å². The van der Waals surface area contributed by atoms with Gasteiger partial charge in [-0.25, -0.2) is 0 Å². The number of nitrogens with zero attached hydrogens (tertiary/aromatic N) is 2. The lowest BCUT2D eigenvalue weighted by atomic mass is 9.84. The summed E-state index contributed by atoms with van der Waals surface area (Å²) in [6.45, 7) is 14.7. The minimum Gasteiger partial charge on any atom is -0.378 e. The van der Waals surface area contributed by atoms with Crippen LogP contribution in [0.2, 0.25) is 0 Å². The molecule has 0 aliphatic carbocycles. The van der Waals surface area contributed by atoms with Crippen molar-refractivity contribution in [3.63, 3.8) is 0 Å². The molecule has 2 fully saturated rings. The fraction of sp³-hybridized carbons (Fsp3) is 1.00. The van der Waals surface area contributed by atoms with Crippen LogP contribution in [0.1, 0.15) is 40.5 Å². The molecule has 0 atom stereocenters.